The van der Waals surface area contributed by atoms with Crippen molar-refractivity contribution >= 4 is 20.3 Å². The number of hydrogen-bond acceptors (Lipinski definition) is 6. The van der Waals surface area contributed by atoms with Crippen LogP contribution >= 0.6 is 0 Å². The molecule has 7 heteroatoms. The Balaban J connectivity index is 2.79. The molecule has 1 rings (SSSR count). The van der Waals surface area contributed by atoms with E-state index < -0.39 is 26.3 Å². The van der Waals surface area contributed by atoms with E-state index in [0.29, 0.717) is 13.1 Å². The van der Waals surface area contributed by atoms with Crippen molar-refractivity contribution in [1.82, 2.24) is 4.90 Å². The van der Waals surface area contributed by atoms with E-state index in [9.17, 15) is 9.59 Å². The molecule has 1 atom stereocenters. The zero-order valence-electron chi connectivity index (χ0n) is 16.2. The van der Waals surface area contributed by atoms with E-state index in [2.05, 4.69) is 33.9 Å². The minimum absolute atomic E-state index is 0.0391. The molecule has 0 aromatic carbocycles. The standard InChI is InChI=1S/C17H33NO5Si/c1-8-21-15(19)14(16(20)22-9-2)18-11-10-13(12-18)23-24(6,7)17(3,4)5/h13-14H,8-12H2,1-7H3. The van der Waals surface area contributed by atoms with Crippen LogP contribution in [0.3, 0.4) is 0 Å². The second-order valence-electron chi connectivity index (χ2n) is 7.69. The molecule has 0 amide bonds. The number of likely N-dealkylation sites (tertiary alicyclic amines) is 1. The van der Waals surface area contributed by atoms with Gasteiger partial charge in [0.05, 0.1) is 19.3 Å². The van der Waals surface area contributed by atoms with Crippen LogP contribution in [-0.2, 0) is 23.5 Å². The molecule has 0 aliphatic carbocycles. The van der Waals surface area contributed by atoms with Crippen LogP contribution in [0.15, 0.2) is 0 Å². The van der Waals surface area contributed by atoms with Gasteiger partial charge in [-0.05, 0) is 38.4 Å². The Morgan fingerprint density at radius 1 is 1.12 bits per heavy atom. The predicted octanol–water partition coefficient (Wildman–Crippen LogP) is 2.58. The van der Waals surface area contributed by atoms with E-state index in [0.717, 1.165) is 6.42 Å². The average molecular weight is 360 g/mol. The number of esters is 2. The SMILES string of the molecule is CCOC(=O)C(C(=O)OCC)N1CCC(O[Si](C)(C)C(C)(C)C)C1. The number of ether oxygens (including phenoxy) is 2. The fourth-order valence-corrected chi connectivity index (χ4v) is 3.89. The fraction of sp³-hybridized carbons (Fsp3) is 0.882. The molecule has 0 N–H and O–H groups in total. The van der Waals surface area contributed by atoms with Crippen LogP contribution < -0.4 is 0 Å². The van der Waals surface area contributed by atoms with Crippen LogP contribution in [0.2, 0.25) is 18.1 Å². The van der Waals surface area contributed by atoms with Crippen molar-refractivity contribution < 1.29 is 23.5 Å². The molecule has 140 valence electrons. The Morgan fingerprint density at radius 3 is 2.04 bits per heavy atom. The number of rotatable bonds is 7. The summed E-state index contributed by atoms with van der Waals surface area (Å²) in [7, 11) is -1.88. The zero-order valence-corrected chi connectivity index (χ0v) is 17.2. The Labute approximate surface area is 147 Å². The normalized spacial score (nSPS) is 19.6. The van der Waals surface area contributed by atoms with Crippen LogP contribution in [-0.4, -0.2) is 63.6 Å². The van der Waals surface area contributed by atoms with Gasteiger partial charge in [0.1, 0.15) is 0 Å². The maximum Gasteiger partial charge on any atom is 0.335 e. The van der Waals surface area contributed by atoms with Gasteiger partial charge in [0.15, 0.2) is 8.32 Å². The number of nitrogens with zero attached hydrogens (tertiary/aromatic N) is 1. The lowest BCUT2D eigenvalue weighted by molar-refractivity contribution is -0.163. The molecule has 1 fully saturated rings. The molecule has 1 aliphatic heterocycles. The molecule has 0 aromatic rings. The quantitative estimate of drug-likeness (QED) is 0.395. The third kappa shape index (κ3) is 5.29. The van der Waals surface area contributed by atoms with Gasteiger partial charge in [-0.25, -0.2) is 9.59 Å². The van der Waals surface area contributed by atoms with Gasteiger partial charge < -0.3 is 13.9 Å². The summed E-state index contributed by atoms with van der Waals surface area (Å²) in [5, 5.41) is 0.127. The van der Waals surface area contributed by atoms with Crippen LogP contribution in [0.1, 0.15) is 41.0 Å². The largest absolute Gasteiger partial charge is 0.464 e. The van der Waals surface area contributed by atoms with E-state index >= 15 is 0 Å². The van der Waals surface area contributed by atoms with Crippen LogP contribution in [0.25, 0.3) is 0 Å². The van der Waals surface area contributed by atoms with Gasteiger partial charge in [0, 0.05) is 13.1 Å². The molecular formula is C17H33NO5Si. The third-order valence-electron chi connectivity index (χ3n) is 4.83. The lowest BCUT2D eigenvalue weighted by Crippen LogP contribution is -2.49. The first kappa shape index (κ1) is 21.1. The summed E-state index contributed by atoms with van der Waals surface area (Å²) < 4.78 is 16.5. The molecule has 0 radical (unpaired) electrons. The van der Waals surface area contributed by atoms with Crippen molar-refractivity contribution in [2.24, 2.45) is 0 Å². The highest BCUT2D eigenvalue weighted by atomic mass is 28.4. The first-order chi connectivity index (χ1) is 11.0. The summed E-state index contributed by atoms with van der Waals surface area (Å²) in [6, 6.07) is -0.988. The molecule has 6 nitrogen and oxygen atoms in total. The predicted molar refractivity (Wildman–Crippen MR) is 95.3 cm³/mol. The Bertz CT molecular complexity index is 429. The summed E-state index contributed by atoms with van der Waals surface area (Å²) in [6.07, 6.45) is 0.846. The lowest BCUT2D eigenvalue weighted by Gasteiger charge is -2.38. The summed E-state index contributed by atoms with van der Waals surface area (Å²) in [6.45, 7) is 16.1. The molecular weight excluding hydrogens is 326 g/mol. The molecule has 1 unspecified atom stereocenters. The maximum absolute atomic E-state index is 12.2. The lowest BCUT2D eigenvalue weighted by atomic mass is 10.2. The first-order valence-corrected chi connectivity index (χ1v) is 11.7. The maximum atomic E-state index is 12.2. The third-order valence-corrected chi connectivity index (χ3v) is 9.36. The van der Waals surface area contributed by atoms with E-state index in [1.165, 1.54) is 0 Å². The molecule has 1 saturated heterocycles. The Kier molecular flexibility index (Phi) is 7.43. The van der Waals surface area contributed by atoms with Gasteiger partial charge in [-0.15, -0.1) is 0 Å². The minimum atomic E-state index is -1.88. The van der Waals surface area contributed by atoms with Gasteiger partial charge in [0.25, 0.3) is 0 Å². The molecule has 0 spiro atoms. The highest BCUT2D eigenvalue weighted by Crippen LogP contribution is 2.38. The fourth-order valence-electron chi connectivity index (χ4n) is 2.51. The monoisotopic (exact) mass is 359 g/mol. The molecule has 1 heterocycles. The topological polar surface area (TPSA) is 65.1 Å². The summed E-state index contributed by atoms with van der Waals surface area (Å²) in [4.78, 5) is 26.2. The summed E-state index contributed by atoms with van der Waals surface area (Å²) >= 11 is 0. The highest BCUT2D eigenvalue weighted by molar-refractivity contribution is 6.74. The van der Waals surface area contributed by atoms with Crippen LogP contribution in [0.5, 0.6) is 0 Å². The summed E-state index contributed by atoms with van der Waals surface area (Å²) in [5.41, 5.74) is 0. The molecule has 0 saturated carbocycles. The van der Waals surface area contributed by atoms with Gasteiger partial charge in [0.2, 0.25) is 6.04 Å². The van der Waals surface area contributed by atoms with Crippen LogP contribution in [0, 0.1) is 0 Å². The van der Waals surface area contributed by atoms with E-state index in [1.54, 1.807) is 13.8 Å². The zero-order chi connectivity index (χ0) is 18.5. The van der Waals surface area contributed by atoms with Gasteiger partial charge in [-0.1, -0.05) is 20.8 Å². The van der Waals surface area contributed by atoms with Gasteiger partial charge in [-0.2, -0.15) is 0 Å². The van der Waals surface area contributed by atoms with Gasteiger partial charge >= 0.3 is 11.9 Å². The number of hydrogen-bond donors (Lipinski definition) is 0. The van der Waals surface area contributed by atoms with E-state index in [-0.39, 0.29) is 24.4 Å². The molecule has 1 aliphatic rings. The van der Waals surface area contributed by atoms with Crippen molar-refractivity contribution in [3.63, 3.8) is 0 Å². The van der Waals surface area contributed by atoms with Crippen molar-refractivity contribution in [1.29, 1.82) is 0 Å². The average Bonchev–Trinajstić information content (AvgIpc) is 2.85. The summed E-state index contributed by atoms with van der Waals surface area (Å²) in [5.74, 6) is -1.08. The number of carbonyl (C=O) groups is 2. The Hall–Kier alpha value is -0.923. The molecule has 0 aromatic heterocycles. The highest BCUT2D eigenvalue weighted by Gasteiger charge is 2.44. The number of carbonyl (C=O) groups excluding carboxylic acids is 2. The van der Waals surface area contributed by atoms with Gasteiger partial charge in [-0.3, -0.25) is 4.90 Å². The van der Waals surface area contributed by atoms with Crippen LogP contribution in [0.4, 0.5) is 0 Å². The van der Waals surface area contributed by atoms with Crippen molar-refractivity contribution in [3.05, 3.63) is 0 Å². The van der Waals surface area contributed by atoms with Crippen molar-refractivity contribution in [2.45, 2.75) is 71.3 Å². The second kappa shape index (κ2) is 8.45. The smallest absolute Gasteiger partial charge is 0.335 e. The molecule has 24 heavy (non-hydrogen) atoms. The van der Waals surface area contributed by atoms with E-state index in [4.69, 9.17) is 13.9 Å². The van der Waals surface area contributed by atoms with E-state index in [1.807, 2.05) is 4.90 Å². The van der Waals surface area contributed by atoms with Crippen molar-refractivity contribution in [3.8, 4) is 0 Å². The Morgan fingerprint density at radius 2 is 1.62 bits per heavy atom. The van der Waals surface area contributed by atoms with Crippen molar-refractivity contribution in [2.75, 3.05) is 26.3 Å². The minimum Gasteiger partial charge on any atom is -0.464 e. The molecule has 0 bridgehead atoms. The first-order valence-electron chi connectivity index (χ1n) is 8.78. The second-order valence-corrected chi connectivity index (χ2v) is 12.4.